The number of cyclic esters (lactones) is 1. The first-order chi connectivity index (χ1) is 12.7. The molecule has 1 fully saturated rings. The molecule has 1 aliphatic rings. The van der Waals surface area contributed by atoms with Crippen LogP contribution >= 0.6 is 0 Å². The molecule has 2 aromatic carbocycles. The van der Waals surface area contributed by atoms with Gasteiger partial charge in [0.1, 0.15) is 6.10 Å². The van der Waals surface area contributed by atoms with Crippen LogP contribution < -0.4 is 9.62 Å². The van der Waals surface area contributed by atoms with Gasteiger partial charge >= 0.3 is 6.09 Å². The first kappa shape index (κ1) is 19.4. The quantitative estimate of drug-likeness (QED) is 0.825. The number of nitrogens with zero attached hydrogens (tertiary/aromatic N) is 1. The lowest BCUT2D eigenvalue weighted by Gasteiger charge is -2.15. The molecule has 1 saturated heterocycles. The van der Waals surface area contributed by atoms with E-state index in [1.54, 1.807) is 11.0 Å². The van der Waals surface area contributed by atoms with E-state index in [4.69, 9.17) is 4.74 Å². The third kappa shape index (κ3) is 5.08. The van der Waals surface area contributed by atoms with Crippen molar-refractivity contribution in [3.05, 3.63) is 64.7 Å². The van der Waals surface area contributed by atoms with Crippen molar-refractivity contribution in [2.75, 3.05) is 18.0 Å². The Hall–Kier alpha value is -2.38. The number of sulfonamides is 1. The molecule has 1 unspecified atom stereocenters. The van der Waals surface area contributed by atoms with Crippen molar-refractivity contribution in [1.29, 1.82) is 0 Å². The molecule has 7 heteroatoms. The van der Waals surface area contributed by atoms with Gasteiger partial charge in [-0.2, -0.15) is 0 Å². The number of ether oxygens (including phenoxy) is 1. The van der Waals surface area contributed by atoms with Crippen molar-refractivity contribution >= 4 is 21.8 Å². The van der Waals surface area contributed by atoms with Crippen molar-refractivity contribution < 1.29 is 17.9 Å². The number of benzene rings is 2. The Morgan fingerprint density at radius 2 is 1.78 bits per heavy atom. The molecule has 2 aromatic rings. The molecule has 1 N–H and O–H groups in total. The Morgan fingerprint density at radius 1 is 1.07 bits per heavy atom. The van der Waals surface area contributed by atoms with Gasteiger partial charge in [-0.25, -0.2) is 17.9 Å². The Morgan fingerprint density at radius 3 is 2.44 bits per heavy atom. The fourth-order valence-electron chi connectivity index (χ4n) is 3.24. The highest BCUT2D eigenvalue weighted by atomic mass is 32.2. The van der Waals surface area contributed by atoms with Crippen molar-refractivity contribution in [3.63, 3.8) is 0 Å². The second-order valence-electron chi connectivity index (χ2n) is 7.06. The molecule has 144 valence electrons. The molecule has 6 nitrogen and oxygen atoms in total. The first-order valence-corrected chi connectivity index (χ1v) is 10.5. The normalized spacial score (nSPS) is 17.2. The van der Waals surface area contributed by atoms with E-state index in [-0.39, 0.29) is 12.3 Å². The van der Waals surface area contributed by atoms with Gasteiger partial charge in [0.25, 0.3) is 0 Å². The summed E-state index contributed by atoms with van der Waals surface area (Å²) < 4.78 is 32.5. The Bertz CT molecular complexity index is 936. The average Bonchev–Trinajstić information content (AvgIpc) is 2.93. The highest BCUT2D eigenvalue weighted by Crippen LogP contribution is 2.24. The van der Waals surface area contributed by atoms with Crippen molar-refractivity contribution in [2.45, 2.75) is 32.6 Å². The summed E-state index contributed by atoms with van der Waals surface area (Å²) >= 11 is 0. The van der Waals surface area contributed by atoms with Crippen LogP contribution in [0.3, 0.4) is 0 Å². The summed E-state index contributed by atoms with van der Waals surface area (Å²) in [5.74, 6) is -0.101. The number of carbonyl (C=O) groups excluding carboxylic acids is 1. The van der Waals surface area contributed by atoms with E-state index >= 15 is 0 Å². The number of nitrogens with one attached hydrogen (secondary N) is 1. The standard InChI is InChI=1S/C20H24N2O4S/c1-14-5-4-6-17(8-14)13-27(24,25)21-11-19-12-22(20(23)26-19)18-9-15(2)7-16(3)10-18/h4-10,19,21H,11-13H2,1-3H3. The monoisotopic (exact) mass is 388 g/mol. The number of anilines is 1. The van der Waals surface area contributed by atoms with Crippen LogP contribution in [0.4, 0.5) is 10.5 Å². The highest BCUT2D eigenvalue weighted by molar-refractivity contribution is 7.88. The molecule has 0 aliphatic carbocycles. The van der Waals surface area contributed by atoms with Crippen LogP contribution in [-0.4, -0.2) is 33.7 Å². The molecule has 0 radical (unpaired) electrons. The van der Waals surface area contributed by atoms with Crippen LogP contribution in [0.5, 0.6) is 0 Å². The lowest BCUT2D eigenvalue weighted by molar-refractivity contribution is 0.143. The van der Waals surface area contributed by atoms with E-state index in [2.05, 4.69) is 4.72 Å². The zero-order valence-corrected chi connectivity index (χ0v) is 16.5. The first-order valence-electron chi connectivity index (χ1n) is 8.81. The minimum atomic E-state index is -3.51. The molecule has 1 amide bonds. The number of carbonyl (C=O) groups is 1. The predicted octanol–water partition coefficient (Wildman–Crippen LogP) is 3.06. The van der Waals surface area contributed by atoms with E-state index in [0.717, 1.165) is 27.9 Å². The van der Waals surface area contributed by atoms with Crippen molar-refractivity contribution in [2.24, 2.45) is 0 Å². The number of amides is 1. The van der Waals surface area contributed by atoms with Crippen LogP contribution in [0, 0.1) is 20.8 Å². The van der Waals surface area contributed by atoms with Crippen LogP contribution in [0.25, 0.3) is 0 Å². The van der Waals surface area contributed by atoms with Gasteiger partial charge in [0.05, 0.1) is 12.3 Å². The molecule has 3 rings (SSSR count). The number of hydrogen-bond donors (Lipinski definition) is 1. The summed E-state index contributed by atoms with van der Waals surface area (Å²) in [6, 6.07) is 13.2. The molecule has 27 heavy (non-hydrogen) atoms. The second kappa shape index (κ2) is 7.70. The molecular weight excluding hydrogens is 364 g/mol. The van der Waals surface area contributed by atoms with Crippen molar-refractivity contribution in [3.8, 4) is 0 Å². The molecule has 1 aliphatic heterocycles. The van der Waals surface area contributed by atoms with E-state index in [1.807, 2.05) is 57.2 Å². The van der Waals surface area contributed by atoms with Crippen LogP contribution in [0.15, 0.2) is 42.5 Å². The van der Waals surface area contributed by atoms with Gasteiger partial charge in [-0.3, -0.25) is 4.90 Å². The average molecular weight is 388 g/mol. The van der Waals surface area contributed by atoms with E-state index < -0.39 is 22.2 Å². The number of rotatable bonds is 6. The summed E-state index contributed by atoms with van der Waals surface area (Å²) in [4.78, 5) is 13.7. The van der Waals surface area contributed by atoms with Gasteiger partial charge in [0.2, 0.25) is 10.0 Å². The van der Waals surface area contributed by atoms with E-state index in [0.29, 0.717) is 6.54 Å². The zero-order chi connectivity index (χ0) is 19.6. The molecule has 1 atom stereocenters. The Balaban J connectivity index is 1.61. The zero-order valence-electron chi connectivity index (χ0n) is 15.7. The van der Waals surface area contributed by atoms with E-state index in [9.17, 15) is 13.2 Å². The van der Waals surface area contributed by atoms with Gasteiger partial charge in [-0.1, -0.05) is 35.9 Å². The predicted molar refractivity (Wildman–Crippen MR) is 105 cm³/mol. The minimum Gasteiger partial charge on any atom is -0.443 e. The summed E-state index contributed by atoms with van der Waals surface area (Å²) in [5, 5.41) is 0. The molecule has 0 saturated carbocycles. The molecular formula is C20H24N2O4S. The molecule has 0 aromatic heterocycles. The minimum absolute atomic E-state index is 0.0567. The van der Waals surface area contributed by atoms with Gasteiger partial charge in [0.15, 0.2) is 0 Å². The van der Waals surface area contributed by atoms with Crippen molar-refractivity contribution in [1.82, 2.24) is 4.72 Å². The Labute approximate surface area is 160 Å². The lowest BCUT2D eigenvalue weighted by Crippen LogP contribution is -2.35. The SMILES string of the molecule is Cc1cccc(CS(=O)(=O)NCC2CN(c3cc(C)cc(C)c3)C(=O)O2)c1. The summed E-state index contributed by atoms with van der Waals surface area (Å²) in [7, 11) is -3.51. The number of hydrogen-bond acceptors (Lipinski definition) is 4. The van der Waals surface area contributed by atoms with Crippen LogP contribution in [0.2, 0.25) is 0 Å². The summed E-state index contributed by atoms with van der Waals surface area (Å²) in [6.07, 6.45) is -0.978. The largest absolute Gasteiger partial charge is 0.443 e. The van der Waals surface area contributed by atoms with Crippen LogP contribution in [0.1, 0.15) is 22.3 Å². The maximum Gasteiger partial charge on any atom is 0.414 e. The summed E-state index contributed by atoms with van der Waals surface area (Å²) in [5.41, 5.74) is 4.61. The smallest absolute Gasteiger partial charge is 0.414 e. The third-order valence-electron chi connectivity index (χ3n) is 4.36. The number of aryl methyl sites for hydroxylation is 3. The Kier molecular flexibility index (Phi) is 5.53. The highest BCUT2D eigenvalue weighted by Gasteiger charge is 2.33. The van der Waals surface area contributed by atoms with Gasteiger partial charge in [0, 0.05) is 12.2 Å². The van der Waals surface area contributed by atoms with Crippen LogP contribution in [-0.2, 0) is 20.5 Å². The molecule has 0 spiro atoms. The second-order valence-corrected chi connectivity index (χ2v) is 8.87. The maximum absolute atomic E-state index is 12.3. The van der Waals surface area contributed by atoms with Gasteiger partial charge in [-0.15, -0.1) is 0 Å². The topological polar surface area (TPSA) is 75.7 Å². The fraction of sp³-hybridized carbons (Fsp3) is 0.350. The molecule has 1 heterocycles. The fourth-order valence-corrected chi connectivity index (χ4v) is 4.40. The van der Waals surface area contributed by atoms with Gasteiger partial charge in [-0.05, 0) is 49.6 Å². The van der Waals surface area contributed by atoms with Gasteiger partial charge < -0.3 is 4.74 Å². The molecule has 0 bridgehead atoms. The maximum atomic E-state index is 12.3. The lowest BCUT2D eigenvalue weighted by atomic mass is 10.1. The summed E-state index contributed by atoms with van der Waals surface area (Å²) in [6.45, 7) is 6.22. The van der Waals surface area contributed by atoms with E-state index in [1.165, 1.54) is 0 Å². The third-order valence-corrected chi connectivity index (χ3v) is 5.68.